The summed E-state index contributed by atoms with van der Waals surface area (Å²) >= 11 is 5.52. The monoisotopic (exact) mass is 336 g/mol. The Morgan fingerprint density at radius 2 is 2.25 bits per heavy atom. The van der Waals surface area contributed by atoms with Gasteiger partial charge in [-0.05, 0) is 50.2 Å². The van der Waals surface area contributed by atoms with E-state index in [1.807, 2.05) is 6.07 Å². The molecule has 0 fully saturated rings. The van der Waals surface area contributed by atoms with Crippen LogP contribution in [-0.2, 0) is 6.54 Å². The Bertz CT molecular complexity index is 344. The van der Waals surface area contributed by atoms with Gasteiger partial charge >= 0.3 is 0 Å². The van der Waals surface area contributed by atoms with Crippen LogP contribution in [-0.4, -0.2) is 0 Å². The van der Waals surface area contributed by atoms with Crippen molar-refractivity contribution < 1.29 is 0 Å². The van der Waals surface area contributed by atoms with E-state index in [-0.39, 0.29) is 0 Å². The van der Waals surface area contributed by atoms with Gasteiger partial charge in [0, 0.05) is 14.6 Å². The molecule has 12 heavy (non-hydrogen) atoms. The average molecular weight is 337 g/mol. The molecule has 0 unspecified atom stereocenters. The number of hydrogen-bond donors (Lipinski definition) is 1. The summed E-state index contributed by atoms with van der Waals surface area (Å²) in [6, 6.07) is 5.75. The Morgan fingerprint density at radius 1 is 1.58 bits per heavy atom. The fraction of sp³-hybridized carbons (Fsp3) is 0.125. The SMILES string of the molecule is N#Cc1ccc(CN)c(I)c1Br. The minimum Gasteiger partial charge on any atom is -0.326 e. The predicted molar refractivity (Wildman–Crippen MR) is 59.5 cm³/mol. The van der Waals surface area contributed by atoms with Crippen molar-refractivity contribution >= 4 is 38.5 Å². The summed E-state index contributed by atoms with van der Waals surface area (Å²) < 4.78 is 1.86. The van der Waals surface area contributed by atoms with E-state index >= 15 is 0 Å². The van der Waals surface area contributed by atoms with Crippen molar-refractivity contribution in [3.8, 4) is 6.07 Å². The van der Waals surface area contributed by atoms with Crippen LogP contribution in [0.25, 0.3) is 0 Å². The minimum absolute atomic E-state index is 0.503. The van der Waals surface area contributed by atoms with Gasteiger partial charge in [0.2, 0.25) is 0 Å². The molecule has 0 saturated heterocycles. The highest BCUT2D eigenvalue weighted by Gasteiger charge is 2.06. The molecule has 2 N–H and O–H groups in total. The lowest BCUT2D eigenvalue weighted by Gasteiger charge is -2.04. The molecule has 1 aromatic rings. The zero-order valence-corrected chi connectivity index (χ0v) is 9.89. The van der Waals surface area contributed by atoms with Crippen molar-refractivity contribution in [1.29, 1.82) is 5.26 Å². The van der Waals surface area contributed by atoms with Gasteiger partial charge in [-0.2, -0.15) is 5.26 Å². The van der Waals surface area contributed by atoms with E-state index in [0.717, 1.165) is 13.6 Å². The third kappa shape index (κ3) is 1.79. The van der Waals surface area contributed by atoms with Crippen molar-refractivity contribution in [1.82, 2.24) is 0 Å². The maximum atomic E-state index is 8.69. The molecule has 1 rings (SSSR count). The van der Waals surface area contributed by atoms with Gasteiger partial charge in [0.15, 0.2) is 0 Å². The van der Waals surface area contributed by atoms with Crippen LogP contribution < -0.4 is 5.73 Å². The van der Waals surface area contributed by atoms with E-state index in [4.69, 9.17) is 11.0 Å². The van der Waals surface area contributed by atoms with Crippen LogP contribution >= 0.6 is 38.5 Å². The van der Waals surface area contributed by atoms with Gasteiger partial charge in [0.25, 0.3) is 0 Å². The molecular weight excluding hydrogens is 331 g/mol. The Balaban J connectivity index is 3.32. The Labute approximate surface area is 93.0 Å². The normalized spacial score (nSPS) is 9.50. The number of nitriles is 1. The molecule has 62 valence electrons. The van der Waals surface area contributed by atoms with E-state index < -0.39 is 0 Å². The molecular formula is C8H6BrIN2. The van der Waals surface area contributed by atoms with Crippen molar-refractivity contribution in [2.75, 3.05) is 0 Å². The van der Waals surface area contributed by atoms with Gasteiger partial charge in [-0.15, -0.1) is 0 Å². The lowest BCUT2D eigenvalue weighted by molar-refractivity contribution is 1.06. The first-order chi connectivity index (χ1) is 5.70. The second kappa shape index (κ2) is 4.21. The van der Waals surface area contributed by atoms with Gasteiger partial charge < -0.3 is 5.73 Å². The summed E-state index contributed by atoms with van der Waals surface area (Å²) in [5, 5.41) is 8.69. The second-order valence-electron chi connectivity index (χ2n) is 2.22. The first-order valence-corrected chi connectivity index (χ1v) is 5.15. The molecule has 0 heterocycles. The van der Waals surface area contributed by atoms with Gasteiger partial charge in [0.05, 0.1) is 5.56 Å². The van der Waals surface area contributed by atoms with Gasteiger partial charge in [0.1, 0.15) is 6.07 Å². The summed E-state index contributed by atoms with van der Waals surface area (Å²) in [6.07, 6.45) is 0. The minimum atomic E-state index is 0.503. The third-order valence-electron chi connectivity index (χ3n) is 1.50. The molecule has 0 amide bonds. The molecule has 0 atom stereocenters. The summed E-state index contributed by atoms with van der Waals surface area (Å²) in [4.78, 5) is 0. The van der Waals surface area contributed by atoms with Gasteiger partial charge in [-0.3, -0.25) is 0 Å². The summed E-state index contributed by atoms with van der Waals surface area (Å²) in [5.41, 5.74) is 7.21. The van der Waals surface area contributed by atoms with E-state index in [2.05, 4.69) is 44.6 Å². The van der Waals surface area contributed by atoms with Crippen molar-refractivity contribution in [2.24, 2.45) is 5.73 Å². The fourth-order valence-electron chi connectivity index (χ4n) is 0.833. The van der Waals surface area contributed by atoms with Crippen LogP contribution in [0.3, 0.4) is 0 Å². The molecule has 0 radical (unpaired) electrons. The van der Waals surface area contributed by atoms with Crippen molar-refractivity contribution in [2.45, 2.75) is 6.54 Å². The highest BCUT2D eigenvalue weighted by molar-refractivity contribution is 14.1. The maximum absolute atomic E-state index is 8.69. The quantitative estimate of drug-likeness (QED) is 0.800. The summed E-state index contributed by atoms with van der Waals surface area (Å²) in [5.74, 6) is 0. The van der Waals surface area contributed by atoms with Crippen LogP contribution in [0.4, 0.5) is 0 Å². The Kier molecular flexibility index (Phi) is 3.50. The van der Waals surface area contributed by atoms with E-state index in [0.29, 0.717) is 12.1 Å². The highest BCUT2D eigenvalue weighted by Crippen LogP contribution is 2.25. The van der Waals surface area contributed by atoms with Crippen LogP contribution in [0.1, 0.15) is 11.1 Å². The molecule has 0 aromatic heterocycles. The first-order valence-electron chi connectivity index (χ1n) is 3.27. The number of halogens is 2. The molecule has 0 saturated carbocycles. The van der Waals surface area contributed by atoms with Gasteiger partial charge in [-0.25, -0.2) is 0 Å². The molecule has 0 spiro atoms. The number of hydrogen-bond acceptors (Lipinski definition) is 2. The van der Waals surface area contributed by atoms with Crippen LogP contribution in [0.15, 0.2) is 16.6 Å². The molecule has 4 heteroatoms. The van der Waals surface area contributed by atoms with Gasteiger partial charge in [-0.1, -0.05) is 6.07 Å². The fourth-order valence-corrected chi connectivity index (χ4v) is 2.00. The lowest BCUT2D eigenvalue weighted by atomic mass is 10.1. The summed E-state index contributed by atoms with van der Waals surface area (Å²) in [7, 11) is 0. The molecule has 1 aromatic carbocycles. The lowest BCUT2D eigenvalue weighted by Crippen LogP contribution is -2.00. The molecule has 0 bridgehead atoms. The maximum Gasteiger partial charge on any atom is 0.100 e. The standard InChI is InChI=1S/C8H6BrIN2/c9-7-5(3-11)1-2-6(4-12)8(7)10/h1-2H,4,12H2. The Hall–Kier alpha value is -0.120. The number of rotatable bonds is 1. The van der Waals surface area contributed by atoms with E-state index in [1.165, 1.54) is 0 Å². The first kappa shape index (κ1) is 9.96. The molecule has 2 nitrogen and oxygen atoms in total. The zero-order valence-electron chi connectivity index (χ0n) is 6.14. The Morgan fingerprint density at radius 3 is 2.75 bits per heavy atom. The molecule has 0 aliphatic rings. The average Bonchev–Trinajstić information content (AvgIpc) is 2.10. The van der Waals surface area contributed by atoms with E-state index in [9.17, 15) is 0 Å². The number of nitrogens with two attached hydrogens (primary N) is 1. The zero-order chi connectivity index (χ0) is 9.14. The number of nitrogens with zero attached hydrogens (tertiary/aromatic N) is 1. The number of benzene rings is 1. The second-order valence-corrected chi connectivity index (χ2v) is 4.09. The highest BCUT2D eigenvalue weighted by atomic mass is 127. The molecule has 0 aliphatic heterocycles. The van der Waals surface area contributed by atoms with Crippen LogP contribution in [0.2, 0.25) is 0 Å². The predicted octanol–water partition coefficient (Wildman–Crippen LogP) is 2.38. The van der Waals surface area contributed by atoms with Crippen LogP contribution in [0, 0.1) is 14.9 Å². The van der Waals surface area contributed by atoms with Crippen LogP contribution in [0.5, 0.6) is 0 Å². The van der Waals surface area contributed by atoms with E-state index in [1.54, 1.807) is 6.07 Å². The van der Waals surface area contributed by atoms with Crippen molar-refractivity contribution in [3.63, 3.8) is 0 Å². The largest absolute Gasteiger partial charge is 0.326 e. The molecule has 0 aliphatic carbocycles. The topological polar surface area (TPSA) is 49.8 Å². The third-order valence-corrected chi connectivity index (χ3v) is 4.30. The summed E-state index contributed by atoms with van der Waals surface area (Å²) in [6.45, 7) is 0.503. The van der Waals surface area contributed by atoms with Crippen molar-refractivity contribution in [3.05, 3.63) is 31.3 Å². The smallest absolute Gasteiger partial charge is 0.100 e.